The van der Waals surface area contributed by atoms with Gasteiger partial charge in [-0.1, -0.05) is 79.9 Å². The van der Waals surface area contributed by atoms with E-state index in [1.807, 2.05) is 43.3 Å². The summed E-state index contributed by atoms with van der Waals surface area (Å²) in [6.45, 7) is 1.96. The lowest BCUT2D eigenvalue weighted by atomic mass is 9.81. The van der Waals surface area contributed by atoms with E-state index in [1.54, 1.807) is 0 Å². The summed E-state index contributed by atoms with van der Waals surface area (Å²) in [7, 11) is 0. The van der Waals surface area contributed by atoms with Gasteiger partial charge in [-0.25, -0.2) is 0 Å². The molecule has 0 aliphatic heterocycles. The number of aromatic amines is 1. The van der Waals surface area contributed by atoms with Crippen molar-refractivity contribution in [1.29, 1.82) is 0 Å². The van der Waals surface area contributed by atoms with Gasteiger partial charge in [-0.05, 0) is 36.8 Å². The van der Waals surface area contributed by atoms with Gasteiger partial charge in [-0.2, -0.15) is 0 Å². The highest BCUT2D eigenvalue weighted by Crippen LogP contribution is 2.37. The van der Waals surface area contributed by atoms with Crippen molar-refractivity contribution in [3.63, 3.8) is 0 Å². The maximum Gasteiger partial charge on any atom is 0.189 e. The standard InChI is InChI=1S/C24H25NO/c1-17-22(19-13-7-3-8-14-19)25-23(20-15-9-4-10-16-20)21(24(17)26)18-11-5-2-6-12-18/h3-4,7-10,13-16,18H,2,5-6,11-12H2,1H3,(H,25,26). The van der Waals surface area contributed by atoms with E-state index in [0.29, 0.717) is 5.92 Å². The van der Waals surface area contributed by atoms with Crippen LogP contribution in [0.3, 0.4) is 0 Å². The molecule has 1 fully saturated rings. The van der Waals surface area contributed by atoms with E-state index >= 15 is 0 Å². The molecule has 1 heterocycles. The molecule has 0 atom stereocenters. The molecule has 0 radical (unpaired) electrons. The summed E-state index contributed by atoms with van der Waals surface area (Å²) >= 11 is 0. The summed E-state index contributed by atoms with van der Waals surface area (Å²) in [6.07, 6.45) is 5.96. The molecule has 132 valence electrons. The quantitative estimate of drug-likeness (QED) is 0.615. The third kappa shape index (κ3) is 3.12. The second kappa shape index (κ2) is 7.33. The molecule has 0 bridgehead atoms. The predicted octanol–water partition coefficient (Wildman–Crippen LogP) is 6.07. The number of pyridine rings is 1. The molecule has 1 aliphatic carbocycles. The number of nitrogens with one attached hydrogen (secondary N) is 1. The molecule has 0 amide bonds. The van der Waals surface area contributed by atoms with Crippen molar-refractivity contribution in [3.8, 4) is 22.5 Å². The molecule has 0 saturated heterocycles. The number of H-pyrrole nitrogens is 1. The lowest BCUT2D eigenvalue weighted by Crippen LogP contribution is -2.21. The normalized spacial score (nSPS) is 15.1. The molecule has 0 spiro atoms. The zero-order valence-electron chi connectivity index (χ0n) is 15.3. The number of aromatic nitrogens is 1. The zero-order chi connectivity index (χ0) is 17.9. The van der Waals surface area contributed by atoms with Gasteiger partial charge in [0.25, 0.3) is 0 Å². The predicted molar refractivity (Wildman–Crippen MR) is 108 cm³/mol. The molecule has 1 N–H and O–H groups in total. The van der Waals surface area contributed by atoms with Crippen LogP contribution in [0.2, 0.25) is 0 Å². The van der Waals surface area contributed by atoms with Gasteiger partial charge in [0.1, 0.15) is 0 Å². The van der Waals surface area contributed by atoms with Crippen molar-refractivity contribution in [2.45, 2.75) is 44.9 Å². The second-order valence-electron chi connectivity index (χ2n) is 7.31. The summed E-state index contributed by atoms with van der Waals surface area (Å²) in [5.41, 5.74) is 6.15. The Morgan fingerprint density at radius 3 is 1.88 bits per heavy atom. The highest BCUT2D eigenvalue weighted by molar-refractivity contribution is 5.71. The van der Waals surface area contributed by atoms with Crippen LogP contribution in [0, 0.1) is 6.92 Å². The van der Waals surface area contributed by atoms with Gasteiger partial charge in [0.2, 0.25) is 0 Å². The van der Waals surface area contributed by atoms with Gasteiger partial charge in [-0.15, -0.1) is 0 Å². The highest BCUT2D eigenvalue weighted by Gasteiger charge is 2.25. The summed E-state index contributed by atoms with van der Waals surface area (Å²) in [5.74, 6) is 0.367. The fourth-order valence-electron chi connectivity index (χ4n) is 4.22. The van der Waals surface area contributed by atoms with Crippen LogP contribution in [0.1, 0.15) is 49.1 Å². The van der Waals surface area contributed by atoms with E-state index in [-0.39, 0.29) is 5.43 Å². The van der Waals surface area contributed by atoms with E-state index in [9.17, 15) is 4.79 Å². The number of rotatable bonds is 3. The van der Waals surface area contributed by atoms with E-state index in [1.165, 1.54) is 19.3 Å². The number of hydrogen-bond acceptors (Lipinski definition) is 1. The van der Waals surface area contributed by atoms with Gasteiger partial charge in [0, 0.05) is 11.1 Å². The van der Waals surface area contributed by atoms with Crippen molar-refractivity contribution in [2.24, 2.45) is 0 Å². The molecule has 26 heavy (non-hydrogen) atoms. The van der Waals surface area contributed by atoms with Crippen LogP contribution >= 0.6 is 0 Å². The van der Waals surface area contributed by atoms with Crippen molar-refractivity contribution < 1.29 is 0 Å². The lowest BCUT2D eigenvalue weighted by Gasteiger charge is -2.25. The summed E-state index contributed by atoms with van der Waals surface area (Å²) in [6, 6.07) is 20.5. The maximum absolute atomic E-state index is 13.4. The first-order chi connectivity index (χ1) is 12.8. The minimum Gasteiger partial charge on any atom is -0.354 e. The van der Waals surface area contributed by atoms with Crippen LogP contribution in [0.4, 0.5) is 0 Å². The van der Waals surface area contributed by atoms with E-state index in [4.69, 9.17) is 0 Å². The van der Waals surface area contributed by atoms with Crippen LogP contribution in [-0.4, -0.2) is 4.98 Å². The van der Waals surface area contributed by atoms with Crippen LogP contribution < -0.4 is 5.43 Å². The first-order valence-electron chi connectivity index (χ1n) is 9.63. The van der Waals surface area contributed by atoms with Gasteiger partial charge >= 0.3 is 0 Å². The monoisotopic (exact) mass is 343 g/mol. The molecule has 1 saturated carbocycles. The third-order valence-corrected chi connectivity index (χ3v) is 5.62. The number of benzene rings is 2. The molecule has 3 aromatic rings. The molecule has 2 aromatic carbocycles. The van der Waals surface area contributed by atoms with E-state index in [2.05, 4.69) is 29.2 Å². The Morgan fingerprint density at radius 2 is 1.31 bits per heavy atom. The number of hydrogen-bond donors (Lipinski definition) is 1. The average molecular weight is 343 g/mol. The van der Waals surface area contributed by atoms with Crippen molar-refractivity contribution in [1.82, 2.24) is 4.98 Å². The topological polar surface area (TPSA) is 32.9 Å². The Morgan fingerprint density at radius 1 is 0.769 bits per heavy atom. The molecule has 0 unspecified atom stereocenters. The zero-order valence-corrected chi connectivity index (χ0v) is 15.3. The van der Waals surface area contributed by atoms with Crippen LogP contribution in [-0.2, 0) is 0 Å². The minimum absolute atomic E-state index is 0.216. The minimum atomic E-state index is 0.216. The molecule has 2 heteroatoms. The van der Waals surface area contributed by atoms with Gasteiger partial charge < -0.3 is 4.98 Å². The van der Waals surface area contributed by atoms with Crippen molar-refractivity contribution in [2.75, 3.05) is 0 Å². The summed E-state index contributed by atoms with van der Waals surface area (Å²) in [5, 5.41) is 0. The molecule has 2 nitrogen and oxygen atoms in total. The van der Waals surface area contributed by atoms with E-state index < -0.39 is 0 Å². The maximum atomic E-state index is 13.4. The van der Waals surface area contributed by atoms with Gasteiger partial charge in [-0.3, -0.25) is 4.79 Å². The van der Waals surface area contributed by atoms with Crippen LogP contribution in [0.5, 0.6) is 0 Å². The Bertz CT molecular complexity index is 935. The highest BCUT2D eigenvalue weighted by atomic mass is 16.1. The van der Waals surface area contributed by atoms with Crippen LogP contribution in [0.15, 0.2) is 65.5 Å². The molecule has 1 aromatic heterocycles. The largest absolute Gasteiger partial charge is 0.354 e. The molecular formula is C24H25NO. The second-order valence-corrected chi connectivity index (χ2v) is 7.31. The fraction of sp³-hybridized carbons (Fsp3) is 0.292. The van der Waals surface area contributed by atoms with E-state index in [0.717, 1.165) is 46.5 Å². The Balaban J connectivity index is 1.96. The SMILES string of the molecule is Cc1c(-c2ccccc2)[nH]c(-c2ccccc2)c(C2CCCCC2)c1=O. The molecule has 1 aliphatic rings. The van der Waals surface area contributed by atoms with Crippen molar-refractivity contribution in [3.05, 3.63) is 82.0 Å². The first kappa shape index (κ1) is 16.8. The first-order valence-corrected chi connectivity index (χ1v) is 9.63. The Kier molecular flexibility index (Phi) is 4.75. The van der Waals surface area contributed by atoms with Crippen molar-refractivity contribution >= 4 is 0 Å². The summed E-state index contributed by atoms with van der Waals surface area (Å²) in [4.78, 5) is 17.1. The van der Waals surface area contributed by atoms with Gasteiger partial charge in [0.15, 0.2) is 5.43 Å². The molecule has 4 rings (SSSR count). The Labute approximate surface area is 154 Å². The average Bonchev–Trinajstić information content (AvgIpc) is 2.72. The fourth-order valence-corrected chi connectivity index (χ4v) is 4.22. The smallest absolute Gasteiger partial charge is 0.189 e. The van der Waals surface area contributed by atoms with Crippen LogP contribution in [0.25, 0.3) is 22.5 Å². The molecular weight excluding hydrogens is 318 g/mol. The third-order valence-electron chi connectivity index (χ3n) is 5.62. The summed E-state index contributed by atoms with van der Waals surface area (Å²) < 4.78 is 0. The lowest BCUT2D eigenvalue weighted by molar-refractivity contribution is 0.442. The Hall–Kier alpha value is -2.61. The van der Waals surface area contributed by atoms with Gasteiger partial charge in [0.05, 0.1) is 11.4 Å².